The second-order valence-corrected chi connectivity index (χ2v) is 5.82. The maximum Gasteiger partial charge on any atom is 0.335 e. The summed E-state index contributed by atoms with van der Waals surface area (Å²) < 4.78 is 0.797. The van der Waals surface area contributed by atoms with Gasteiger partial charge >= 0.3 is 5.97 Å². The minimum absolute atomic E-state index is 0.313. The number of hydrogen-bond acceptors (Lipinski definition) is 2. The molecule has 1 aromatic carbocycles. The van der Waals surface area contributed by atoms with Gasteiger partial charge in [-0.15, -0.1) is 0 Å². The van der Waals surface area contributed by atoms with Crippen molar-refractivity contribution in [1.82, 2.24) is 0 Å². The lowest BCUT2D eigenvalue weighted by Gasteiger charge is -2.11. The number of anilines is 1. The molecule has 0 saturated heterocycles. The van der Waals surface area contributed by atoms with Crippen LogP contribution >= 0.6 is 15.9 Å². The summed E-state index contributed by atoms with van der Waals surface area (Å²) in [7, 11) is 0. The molecule has 0 aliphatic heterocycles. The van der Waals surface area contributed by atoms with Crippen molar-refractivity contribution < 1.29 is 9.90 Å². The molecule has 1 aromatic rings. The van der Waals surface area contributed by atoms with Crippen LogP contribution in [-0.2, 0) is 0 Å². The first-order valence-electron chi connectivity index (χ1n) is 6.43. The monoisotopic (exact) mass is 311 g/mol. The number of aromatic carboxylic acids is 1. The molecule has 2 N–H and O–H groups in total. The van der Waals surface area contributed by atoms with Crippen molar-refractivity contribution in [3.63, 3.8) is 0 Å². The standard InChI is InChI=1S/C14H18BrNO2/c15-12-7-11(14(17)18)8-13(9-12)16-6-5-10-3-1-2-4-10/h7-10,16H,1-6H2,(H,17,18). The Labute approximate surface area is 116 Å². The number of carboxylic acid groups (broad SMARTS) is 1. The predicted octanol–water partition coefficient (Wildman–Crippen LogP) is 4.14. The number of nitrogens with one attached hydrogen (secondary N) is 1. The molecule has 98 valence electrons. The van der Waals surface area contributed by atoms with Gasteiger partial charge in [0.1, 0.15) is 0 Å². The zero-order valence-corrected chi connectivity index (χ0v) is 11.9. The van der Waals surface area contributed by atoms with Crippen LogP contribution < -0.4 is 5.32 Å². The highest BCUT2D eigenvalue weighted by Crippen LogP contribution is 2.27. The molecular weight excluding hydrogens is 294 g/mol. The number of rotatable bonds is 5. The topological polar surface area (TPSA) is 49.3 Å². The molecule has 1 saturated carbocycles. The van der Waals surface area contributed by atoms with Gasteiger partial charge < -0.3 is 10.4 Å². The minimum atomic E-state index is -0.893. The van der Waals surface area contributed by atoms with Crippen LogP contribution in [-0.4, -0.2) is 17.6 Å². The van der Waals surface area contributed by atoms with Crippen LogP contribution in [0.3, 0.4) is 0 Å². The van der Waals surface area contributed by atoms with Gasteiger partial charge in [-0.1, -0.05) is 41.6 Å². The number of halogens is 1. The van der Waals surface area contributed by atoms with Crippen LogP contribution in [0.2, 0.25) is 0 Å². The molecule has 18 heavy (non-hydrogen) atoms. The van der Waals surface area contributed by atoms with Crippen molar-refractivity contribution in [2.75, 3.05) is 11.9 Å². The molecule has 4 heteroatoms. The largest absolute Gasteiger partial charge is 0.478 e. The summed E-state index contributed by atoms with van der Waals surface area (Å²) in [5, 5.41) is 12.3. The van der Waals surface area contributed by atoms with E-state index in [1.54, 1.807) is 12.1 Å². The van der Waals surface area contributed by atoms with E-state index in [9.17, 15) is 4.79 Å². The Morgan fingerprint density at radius 3 is 2.72 bits per heavy atom. The highest BCUT2D eigenvalue weighted by molar-refractivity contribution is 9.10. The fourth-order valence-corrected chi connectivity index (χ4v) is 3.03. The molecule has 0 amide bonds. The first-order valence-corrected chi connectivity index (χ1v) is 7.22. The van der Waals surface area contributed by atoms with E-state index in [-0.39, 0.29) is 0 Å². The molecule has 2 rings (SSSR count). The molecule has 0 spiro atoms. The van der Waals surface area contributed by atoms with Gasteiger partial charge in [0, 0.05) is 16.7 Å². The molecule has 1 fully saturated rings. The van der Waals surface area contributed by atoms with Crippen LogP contribution in [0, 0.1) is 5.92 Å². The van der Waals surface area contributed by atoms with E-state index >= 15 is 0 Å². The highest BCUT2D eigenvalue weighted by atomic mass is 79.9. The Morgan fingerprint density at radius 2 is 2.06 bits per heavy atom. The number of carboxylic acids is 1. The van der Waals surface area contributed by atoms with Crippen LogP contribution in [0.25, 0.3) is 0 Å². The fourth-order valence-electron chi connectivity index (χ4n) is 2.53. The Morgan fingerprint density at radius 1 is 1.33 bits per heavy atom. The van der Waals surface area contributed by atoms with Gasteiger partial charge in [-0.2, -0.15) is 0 Å². The van der Waals surface area contributed by atoms with Crippen molar-refractivity contribution in [1.29, 1.82) is 0 Å². The maximum atomic E-state index is 10.9. The normalized spacial score (nSPS) is 15.8. The van der Waals surface area contributed by atoms with E-state index in [1.165, 1.54) is 32.1 Å². The van der Waals surface area contributed by atoms with Gasteiger partial charge in [-0.3, -0.25) is 0 Å². The van der Waals surface area contributed by atoms with Crippen molar-refractivity contribution in [3.8, 4) is 0 Å². The van der Waals surface area contributed by atoms with Crippen molar-refractivity contribution >= 4 is 27.6 Å². The average Bonchev–Trinajstić information content (AvgIpc) is 2.81. The van der Waals surface area contributed by atoms with Crippen LogP contribution in [0.5, 0.6) is 0 Å². The predicted molar refractivity (Wildman–Crippen MR) is 76.2 cm³/mol. The summed E-state index contributed by atoms with van der Waals surface area (Å²) in [6, 6.07) is 5.22. The smallest absolute Gasteiger partial charge is 0.335 e. The van der Waals surface area contributed by atoms with Crippen LogP contribution in [0.4, 0.5) is 5.69 Å². The van der Waals surface area contributed by atoms with E-state index in [4.69, 9.17) is 5.11 Å². The first kappa shape index (κ1) is 13.4. The van der Waals surface area contributed by atoms with Crippen molar-refractivity contribution in [2.24, 2.45) is 5.92 Å². The molecule has 0 aromatic heterocycles. The molecule has 0 atom stereocenters. The summed E-state index contributed by atoms with van der Waals surface area (Å²) in [6.45, 7) is 0.917. The van der Waals surface area contributed by atoms with E-state index in [0.29, 0.717) is 5.56 Å². The lowest BCUT2D eigenvalue weighted by Crippen LogP contribution is -2.07. The van der Waals surface area contributed by atoms with Crippen molar-refractivity contribution in [2.45, 2.75) is 32.1 Å². The zero-order valence-electron chi connectivity index (χ0n) is 10.3. The third-order valence-electron chi connectivity index (χ3n) is 3.50. The summed E-state index contributed by atoms with van der Waals surface area (Å²) in [6.07, 6.45) is 6.60. The maximum absolute atomic E-state index is 10.9. The second kappa shape index (κ2) is 6.23. The molecule has 3 nitrogen and oxygen atoms in total. The van der Waals surface area contributed by atoms with E-state index in [0.717, 1.165) is 22.6 Å². The number of carbonyl (C=O) groups is 1. The second-order valence-electron chi connectivity index (χ2n) is 4.90. The lowest BCUT2D eigenvalue weighted by atomic mass is 10.0. The molecule has 0 radical (unpaired) electrons. The van der Waals surface area contributed by atoms with Gasteiger partial charge in [-0.05, 0) is 30.5 Å². The van der Waals surface area contributed by atoms with E-state index in [1.807, 2.05) is 6.07 Å². The first-order chi connectivity index (χ1) is 8.65. The Balaban J connectivity index is 1.89. The van der Waals surface area contributed by atoms with Gasteiger partial charge in [0.25, 0.3) is 0 Å². The lowest BCUT2D eigenvalue weighted by molar-refractivity contribution is 0.0697. The summed E-state index contributed by atoms with van der Waals surface area (Å²) in [5.74, 6) is -0.0428. The summed E-state index contributed by atoms with van der Waals surface area (Å²) >= 11 is 3.34. The SMILES string of the molecule is O=C(O)c1cc(Br)cc(NCCC2CCCC2)c1. The van der Waals surface area contributed by atoms with Gasteiger partial charge in [0.15, 0.2) is 0 Å². The molecular formula is C14H18BrNO2. The van der Waals surface area contributed by atoms with Crippen LogP contribution in [0.15, 0.2) is 22.7 Å². The Bertz CT molecular complexity index is 428. The fraction of sp³-hybridized carbons (Fsp3) is 0.500. The van der Waals surface area contributed by atoms with Gasteiger partial charge in [0.2, 0.25) is 0 Å². The van der Waals surface area contributed by atoms with Gasteiger partial charge in [-0.25, -0.2) is 4.79 Å². The zero-order chi connectivity index (χ0) is 13.0. The van der Waals surface area contributed by atoms with Crippen LogP contribution in [0.1, 0.15) is 42.5 Å². The Kier molecular flexibility index (Phi) is 4.64. The quantitative estimate of drug-likeness (QED) is 0.859. The van der Waals surface area contributed by atoms with Crippen molar-refractivity contribution in [3.05, 3.63) is 28.2 Å². The third kappa shape index (κ3) is 3.73. The molecule has 1 aliphatic carbocycles. The van der Waals surface area contributed by atoms with E-state index < -0.39 is 5.97 Å². The summed E-state index contributed by atoms with van der Waals surface area (Å²) in [4.78, 5) is 10.9. The Hall–Kier alpha value is -1.03. The average molecular weight is 312 g/mol. The van der Waals surface area contributed by atoms with Gasteiger partial charge in [0.05, 0.1) is 5.56 Å². The highest BCUT2D eigenvalue weighted by Gasteiger charge is 2.14. The number of benzene rings is 1. The molecule has 0 heterocycles. The molecule has 1 aliphatic rings. The van der Waals surface area contributed by atoms with E-state index in [2.05, 4.69) is 21.2 Å². The number of hydrogen-bond donors (Lipinski definition) is 2. The third-order valence-corrected chi connectivity index (χ3v) is 3.96. The minimum Gasteiger partial charge on any atom is -0.478 e. The molecule has 0 unspecified atom stereocenters. The summed E-state index contributed by atoms with van der Waals surface area (Å²) in [5.41, 5.74) is 1.19. The molecule has 0 bridgehead atoms.